The third-order valence-corrected chi connectivity index (χ3v) is 3.91. The van der Waals surface area contributed by atoms with Crippen molar-refractivity contribution in [1.82, 2.24) is 5.32 Å². The van der Waals surface area contributed by atoms with E-state index in [4.69, 9.17) is 4.74 Å². The van der Waals surface area contributed by atoms with Gasteiger partial charge in [0.15, 0.2) is 0 Å². The molecule has 3 nitrogen and oxygen atoms in total. The minimum absolute atomic E-state index is 0.0603. The highest BCUT2D eigenvalue weighted by Crippen LogP contribution is 2.36. The first kappa shape index (κ1) is 13.4. The highest BCUT2D eigenvalue weighted by atomic mass is 32.2. The van der Waals surface area contributed by atoms with Crippen LogP contribution in [0.5, 0.6) is 0 Å². The molecular weight excluding hydrogens is 253 g/mol. The molecule has 1 heterocycles. The molecule has 1 aromatic carbocycles. The Morgan fingerprint density at radius 2 is 2.44 bits per heavy atom. The summed E-state index contributed by atoms with van der Waals surface area (Å²) in [5.74, 6) is 0.516. The second-order valence-electron chi connectivity index (χ2n) is 4.08. The van der Waals surface area contributed by atoms with Gasteiger partial charge in [0.25, 0.3) is 0 Å². The lowest BCUT2D eigenvalue weighted by Crippen LogP contribution is -2.33. The van der Waals surface area contributed by atoms with Crippen LogP contribution in [0.2, 0.25) is 0 Å². The Kier molecular flexibility index (Phi) is 4.60. The molecule has 0 aliphatic carbocycles. The van der Waals surface area contributed by atoms with E-state index in [9.17, 15) is 9.18 Å². The summed E-state index contributed by atoms with van der Waals surface area (Å²) in [7, 11) is 0. The molecule has 1 aromatic rings. The molecule has 0 saturated carbocycles. The maximum atomic E-state index is 13.3. The van der Waals surface area contributed by atoms with Gasteiger partial charge in [-0.05, 0) is 37.1 Å². The van der Waals surface area contributed by atoms with Crippen molar-refractivity contribution >= 4 is 17.7 Å². The van der Waals surface area contributed by atoms with Crippen molar-refractivity contribution in [1.29, 1.82) is 0 Å². The Balaban J connectivity index is 2.07. The molecular formula is C13H16FNO2S. The van der Waals surface area contributed by atoms with Gasteiger partial charge < -0.3 is 10.1 Å². The molecule has 0 radical (unpaired) electrons. The number of amides is 1. The van der Waals surface area contributed by atoms with Crippen LogP contribution in [0.25, 0.3) is 0 Å². The second-order valence-corrected chi connectivity index (χ2v) is 5.21. The van der Waals surface area contributed by atoms with Crippen LogP contribution in [-0.2, 0) is 9.53 Å². The van der Waals surface area contributed by atoms with E-state index in [2.05, 4.69) is 5.32 Å². The standard InChI is InChI=1S/C13H16FNO2S/c1-2-17-8-13(16)15-11-5-6-18-12-4-3-9(14)7-10(11)12/h3-4,7,11H,2,5-6,8H2,1H3,(H,15,16). The lowest BCUT2D eigenvalue weighted by molar-refractivity contribution is -0.126. The number of carbonyl (C=O) groups is 1. The van der Waals surface area contributed by atoms with Gasteiger partial charge in [-0.2, -0.15) is 0 Å². The van der Waals surface area contributed by atoms with Crippen LogP contribution in [0.1, 0.15) is 24.9 Å². The number of hydrogen-bond acceptors (Lipinski definition) is 3. The van der Waals surface area contributed by atoms with Crippen LogP contribution in [-0.4, -0.2) is 24.9 Å². The quantitative estimate of drug-likeness (QED) is 0.912. The Morgan fingerprint density at radius 3 is 3.22 bits per heavy atom. The van der Waals surface area contributed by atoms with E-state index in [1.165, 1.54) is 12.1 Å². The Bertz CT molecular complexity index is 439. The fraction of sp³-hybridized carbons (Fsp3) is 0.462. The Morgan fingerprint density at radius 1 is 1.61 bits per heavy atom. The van der Waals surface area contributed by atoms with Gasteiger partial charge in [0.05, 0.1) is 6.04 Å². The molecule has 1 amide bonds. The lowest BCUT2D eigenvalue weighted by Gasteiger charge is -2.25. The molecule has 0 aromatic heterocycles. The fourth-order valence-corrected chi connectivity index (χ4v) is 3.05. The maximum Gasteiger partial charge on any atom is 0.246 e. The monoisotopic (exact) mass is 269 g/mol. The van der Waals surface area contributed by atoms with E-state index >= 15 is 0 Å². The molecule has 1 aliphatic rings. The minimum atomic E-state index is -0.264. The number of hydrogen-bond donors (Lipinski definition) is 1. The van der Waals surface area contributed by atoms with E-state index < -0.39 is 0 Å². The molecule has 0 fully saturated rings. The maximum absolute atomic E-state index is 13.3. The van der Waals surface area contributed by atoms with Crippen molar-refractivity contribution in [2.24, 2.45) is 0 Å². The van der Waals surface area contributed by atoms with Gasteiger partial charge in [-0.3, -0.25) is 4.79 Å². The molecule has 0 bridgehead atoms. The third-order valence-electron chi connectivity index (χ3n) is 2.78. The zero-order valence-corrected chi connectivity index (χ0v) is 11.1. The average Bonchev–Trinajstić information content (AvgIpc) is 2.37. The summed E-state index contributed by atoms with van der Waals surface area (Å²) >= 11 is 1.70. The number of carbonyl (C=O) groups excluding carboxylic acids is 1. The van der Waals surface area contributed by atoms with Gasteiger partial charge in [0, 0.05) is 17.3 Å². The summed E-state index contributed by atoms with van der Waals surface area (Å²) in [6, 6.07) is 4.63. The third kappa shape index (κ3) is 3.23. The minimum Gasteiger partial charge on any atom is -0.372 e. The normalized spacial score (nSPS) is 18.2. The van der Waals surface area contributed by atoms with Gasteiger partial charge in [-0.1, -0.05) is 0 Å². The summed E-state index contributed by atoms with van der Waals surface area (Å²) in [6.07, 6.45) is 0.818. The van der Waals surface area contributed by atoms with E-state index in [0.717, 1.165) is 22.6 Å². The van der Waals surface area contributed by atoms with Gasteiger partial charge in [-0.25, -0.2) is 4.39 Å². The molecule has 0 saturated heterocycles. The first-order valence-corrected chi connectivity index (χ1v) is 6.98. The number of halogens is 1. The predicted molar refractivity (Wildman–Crippen MR) is 69.1 cm³/mol. The highest BCUT2D eigenvalue weighted by molar-refractivity contribution is 7.99. The number of rotatable bonds is 4. The van der Waals surface area contributed by atoms with E-state index in [1.807, 2.05) is 6.92 Å². The molecule has 5 heteroatoms. The van der Waals surface area contributed by atoms with Crippen molar-refractivity contribution in [3.05, 3.63) is 29.6 Å². The zero-order valence-electron chi connectivity index (χ0n) is 10.2. The summed E-state index contributed by atoms with van der Waals surface area (Å²) < 4.78 is 18.3. The van der Waals surface area contributed by atoms with Gasteiger partial charge in [-0.15, -0.1) is 11.8 Å². The van der Waals surface area contributed by atoms with E-state index in [-0.39, 0.29) is 24.4 Å². The predicted octanol–water partition coefficient (Wildman–Crippen LogP) is 2.52. The lowest BCUT2D eigenvalue weighted by atomic mass is 10.0. The number of ether oxygens (including phenoxy) is 1. The van der Waals surface area contributed by atoms with Crippen LogP contribution in [0.4, 0.5) is 4.39 Å². The smallest absolute Gasteiger partial charge is 0.246 e. The average molecular weight is 269 g/mol. The summed E-state index contributed by atoms with van der Waals surface area (Å²) in [6.45, 7) is 2.42. The fourth-order valence-electron chi connectivity index (χ4n) is 1.95. The molecule has 2 rings (SSSR count). The Hall–Kier alpha value is -1.07. The van der Waals surface area contributed by atoms with Crippen molar-refractivity contribution in [2.75, 3.05) is 19.0 Å². The zero-order chi connectivity index (χ0) is 13.0. The summed E-state index contributed by atoms with van der Waals surface area (Å²) in [4.78, 5) is 12.7. The number of thioether (sulfide) groups is 1. The number of fused-ring (bicyclic) bond motifs is 1. The summed E-state index contributed by atoms with van der Waals surface area (Å²) in [5.41, 5.74) is 0.871. The molecule has 18 heavy (non-hydrogen) atoms. The van der Waals surface area contributed by atoms with Gasteiger partial charge in [0.1, 0.15) is 12.4 Å². The van der Waals surface area contributed by atoms with Crippen molar-refractivity contribution in [3.8, 4) is 0 Å². The van der Waals surface area contributed by atoms with E-state index in [1.54, 1.807) is 17.8 Å². The summed E-state index contributed by atoms with van der Waals surface area (Å²) in [5, 5.41) is 2.89. The van der Waals surface area contributed by atoms with Crippen LogP contribution in [0, 0.1) is 5.82 Å². The van der Waals surface area contributed by atoms with Crippen LogP contribution in [0.15, 0.2) is 23.1 Å². The molecule has 98 valence electrons. The topological polar surface area (TPSA) is 38.3 Å². The van der Waals surface area contributed by atoms with Crippen LogP contribution < -0.4 is 5.32 Å². The van der Waals surface area contributed by atoms with Gasteiger partial charge >= 0.3 is 0 Å². The molecule has 1 N–H and O–H groups in total. The molecule has 1 unspecified atom stereocenters. The highest BCUT2D eigenvalue weighted by Gasteiger charge is 2.22. The molecule has 1 aliphatic heterocycles. The molecule has 1 atom stereocenters. The number of nitrogens with one attached hydrogen (secondary N) is 1. The van der Waals surface area contributed by atoms with Gasteiger partial charge in [0.2, 0.25) is 5.91 Å². The first-order valence-electron chi connectivity index (χ1n) is 6.00. The van der Waals surface area contributed by atoms with Crippen LogP contribution in [0.3, 0.4) is 0 Å². The van der Waals surface area contributed by atoms with Crippen LogP contribution >= 0.6 is 11.8 Å². The van der Waals surface area contributed by atoms with Crippen molar-refractivity contribution < 1.29 is 13.9 Å². The Labute approximate surface area is 110 Å². The largest absolute Gasteiger partial charge is 0.372 e. The van der Waals surface area contributed by atoms with Crippen molar-refractivity contribution in [2.45, 2.75) is 24.3 Å². The van der Waals surface area contributed by atoms with Crippen molar-refractivity contribution in [3.63, 3.8) is 0 Å². The SMILES string of the molecule is CCOCC(=O)NC1CCSc2ccc(F)cc21. The second kappa shape index (κ2) is 6.20. The number of benzene rings is 1. The van der Waals surface area contributed by atoms with E-state index in [0.29, 0.717) is 6.61 Å². The first-order chi connectivity index (χ1) is 8.70. The molecule has 0 spiro atoms.